The third kappa shape index (κ3) is 6.10. The van der Waals surface area contributed by atoms with Gasteiger partial charge in [0.15, 0.2) is 0 Å². The highest BCUT2D eigenvalue weighted by molar-refractivity contribution is 7.13. The number of hydrogen-bond acceptors (Lipinski definition) is 7. The minimum Gasteiger partial charge on any atom is -0.497 e. The molecule has 2 aromatic carbocycles. The normalized spacial score (nSPS) is 11.5. The van der Waals surface area contributed by atoms with Gasteiger partial charge in [0.05, 0.1) is 13.2 Å². The van der Waals surface area contributed by atoms with E-state index in [2.05, 4.69) is 20.8 Å². The summed E-state index contributed by atoms with van der Waals surface area (Å²) in [7, 11) is 1.58. The van der Waals surface area contributed by atoms with E-state index >= 15 is 0 Å². The minimum atomic E-state index is -0.363. The van der Waals surface area contributed by atoms with E-state index < -0.39 is 0 Å². The molecule has 3 aromatic rings. The van der Waals surface area contributed by atoms with Crippen LogP contribution in [-0.2, 0) is 16.1 Å². The van der Waals surface area contributed by atoms with Gasteiger partial charge in [-0.25, -0.2) is 0 Å². The van der Waals surface area contributed by atoms with Crippen molar-refractivity contribution in [3.05, 3.63) is 70.2 Å². The Balaban J connectivity index is 1.43. The maximum Gasteiger partial charge on any atom is 0.286 e. The Morgan fingerprint density at radius 2 is 1.80 bits per heavy atom. The monoisotopic (exact) mass is 426 g/mol. The quantitative estimate of drug-likeness (QED) is 0.545. The fraction of sp³-hybridized carbons (Fsp3) is 0.238. The maximum atomic E-state index is 12.3. The number of benzene rings is 2. The number of anilines is 1. The molecule has 0 fully saturated rings. The second kappa shape index (κ2) is 10.5. The number of aromatic nitrogens is 2. The first-order valence-corrected chi connectivity index (χ1v) is 10.1. The van der Waals surface area contributed by atoms with E-state index in [1.807, 2.05) is 37.3 Å². The second-order valence-corrected chi connectivity index (χ2v) is 7.44. The van der Waals surface area contributed by atoms with Crippen molar-refractivity contribution in [3.63, 3.8) is 0 Å². The lowest BCUT2D eigenvalue weighted by atomic mass is 10.1. The third-order valence-electron chi connectivity index (χ3n) is 4.14. The summed E-state index contributed by atoms with van der Waals surface area (Å²) in [6.07, 6.45) is 0. The van der Waals surface area contributed by atoms with E-state index in [-0.39, 0.29) is 36.1 Å². The lowest BCUT2D eigenvalue weighted by Gasteiger charge is -2.14. The van der Waals surface area contributed by atoms with Crippen molar-refractivity contribution in [1.82, 2.24) is 15.5 Å². The summed E-state index contributed by atoms with van der Waals surface area (Å²) in [5.41, 5.74) is 1.64. The Hall–Kier alpha value is -3.30. The topological polar surface area (TPSA) is 102 Å². The maximum absolute atomic E-state index is 12.3. The Bertz CT molecular complexity index is 976. The van der Waals surface area contributed by atoms with Gasteiger partial charge in [0.1, 0.15) is 24.0 Å². The molecule has 9 heteroatoms. The highest BCUT2D eigenvalue weighted by atomic mass is 32.1. The van der Waals surface area contributed by atoms with Crippen LogP contribution in [0.4, 0.5) is 5.69 Å². The number of ether oxygens (including phenoxy) is 2. The number of nitrogens with one attached hydrogen (secondary N) is 2. The summed E-state index contributed by atoms with van der Waals surface area (Å²) >= 11 is 1.11. The molecule has 1 aromatic heterocycles. The molecule has 2 N–H and O–H groups in total. The summed E-state index contributed by atoms with van der Waals surface area (Å²) in [6.45, 7) is 1.90. The average Bonchev–Trinajstić information content (AvgIpc) is 3.24. The van der Waals surface area contributed by atoms with E-state index in [1.54, 1.807) is 31.4 Å². The molecule has 2 amide bonds. The smallest absolute Gasteiger partial charge is 0.286 e. The van der Waals surface area contributed by atoms with Crippen LogP contribution < -0.4 is 15.4 Å². The molecule has 3 rings (SSSR count). The van der Waals surface area contributed by atoms with Crippen LogP contribution in [0.15, 0.2) is 54.6 Å². The molecule has 30 heavy (non-hydrogen) atoms. The number of carbonyl (C=O) groups excluding carboxylic acids is 2. The number of hydrogen-bond donors (Lipinski definition) is 2. The van der Waals surface area contributed by atoms with Gasteiger partial charge in [-0.05, 0) is 36.8 Å². The third-order valence-corrected chi connectivity index (χ3v) is 5.04. The first-order valence-electron chi connectivity index (χ1n) is 9.25. The molecule has 1 heterocycles. The molecule has 0 aliphatic heterocycles. The zero-order chi connectivity index (χ0) is 21.3. The van der Waals surface area contributed by atoms with Gasteiger partial charge in [-0.3, -0.25) is 9.59 Å². The van der Waals surface area contributed by atoms with Gasteiger partial charge in [-0.2, -0.15) is 0 Å². The first kappa shape index (κ1) is 21.4. The number of amides is 2. The molecule has 8 nitrogen and oxygen atoms in total. The first-order chi connectivity index (χ1) is 14.5. The van der Waals surface area contributed by atoms with Gasteiger partial charge in [0, 0.05) is 5.69 Å². The predicted molar refractivity (Wildman–Crippen MR) is 114 cm³/mol. The molecular formula is C21H22N4O4S. The summed E-state index contributed by atoms with van der Waals surface area (Å²) in [5, 5.41) is 14.2. The zero-order valence-electron chi connectivity index (χ0n) is 16.6. The van der Waals surface area contributed by atoms with Gasteiger partial charge in [-0.15, -0.1) is 10.2 Å². The number of nitrogens with zero attached hydrogens (tertiary/aromatic N) is 2. The fourth-order valence-electron chi connectivity index (χ4n) is 2.60. The van der Waals surface area contributed by atoms with Crippen molar-refractivity contribution >= 4 is 28.8 Å². The van der Waals surface area contributed by atoms with Crippen LogP contribution in [0.5, 0.6) is 5.75 Å². The van der Waals surface area contributed by atoms with Crippen molar-refractivity contribution in [2.75, 3.05) is 19.0 Å². The minimum absolute atomic E-state index is 0.0978. The molecule has 0 spiro atoms. The molecule has 1 atom stereocenters. The van der Waals surface area contributed by atoms with Crippen molar-refractivity contribution in [2.45, 2.75) is 19.6 Å². The van der Waals surface area contributed by atoms with Gasteiger partial charge in [0.2, 0.25) is 10.9 Å². The molecule has 0 saturated heterocycles. The Morgan fingerprint density at radius 3 is 2.50 bits per heavy atom. The molecule has 0 aliphatic carbocycles. The van der Waals surface area contributed by atoms with Gasteiger partial charge in [0.25, 0.3) is 5.91 Å². The summed E-state index contributed by atoms with van der Waals surface area (Å²) in [4.78, 5) is 24.3. The van der Waals surface area contributed by atoms with E-state index in [1.165, 1.54) is 0 Å². The van der Waals surface area contributed by atoms with Crippen LogP contribution in [0.2, 0.25) is 0 Å². The van der Waals surface area contributed by atoms with Gasteiger partial charge < -0.3 is 20.1 Å². The Kier molecular flexibility index (Phi) is 7.47. The average molecular weight is 426 g/mol. The number of carbonyl (C=O) groups is 2. The van der Waals surface area contributed by atoms with Gasteiger partial charge in [-0.1, -0.05) is 41.7 Å². The zero-order valence-corrected chi connectivity index (χ0v) is 17.4. The summed E-state index contributed by atoms with van der Waals surface area (Å²) in [6, 6.07) is 16.5. The summed E-state index contributed by atoms with van der Waals surface area (Å²) in [5.74, 6) is 0.109. The largest absolute Gasteiger partial charge is 0.497 e. The molecule has 1 unspecified atom stereocenters. The number of methoxy groups -OCH3 is 1. The van der Waals surface area contributed by atoms with Crippen molar-refractivity contribution in [3.8, 4) is 5.75 Å². The number of rotatable bonds is 9. The lowest BCUT2D eigenvalue weighted by Crippen LogP contribution is -2.30. The van der Waals surface area contributed by atoms with Crippen LogP contribution in [0, 0.1) is 0 Å². The van der Waals surface area contributed by atoms with E-state index in [0.29, 0.717) is 16.4 Å². The lowest BCUT2D eigenvalue weighted by molar-refractivity contribution is -0.126. The van der Waals surface area contributed by atoms with Crippen molar-refractivity contribution < 1.29 is 19.1 Å². The van der Waals surface area contributed by atoms with E-state index in [0.717, 1.165) is 16.9 Å². The van der Waals surface area contributed by atoms with Crippen LogP contribution in [0.25, 0.3) is 0 Å². The molecule has 0 saturated carbocycles. The molecule has 0 aliphatic rings. The Labute approximate surface area is 178 Å². The van der Waals surface area contributed by atoms with Crippen LogP contribution in [0.3, 0.4) is 0 Å². The summed E-state index contributed by atoms with van der Waals surface area (Å²) < 4.78 is 10.5. The molecular weight excluding hydrogens is 404 g/mol. The molecule has 0 radical (unpaired) electrons. The van der Waals surface area contributed by atoms with Crippen LogP contribution in [-0.4, -0.2) is 35.7 Å². The highest BCUT2D eigenvalue weighted by Gasteiger charge is 2.14. The van der Waals surface area contributed by atoms with Gasteiger partial charge >= 0.3 is 0 Å². The predicted octanol–water partition coefficient (Wildman–Crippen LogP) is 3.19. The standard InChI is InChI=1S/C21H22N4O4S/c1-14(15-6-4-3-5-7-15)22-18(26)12-29-13-19-24-25-21(30-19)20(27)23-16-8-10-17(28-2)11-9-16/h3-11,14H,12-13H2,1-2H3,(H,22,26)(H,23,27). The van der Waals surface area contributed by atoms with E-state index in [9.17, 15) is 9.59 Å². The molecule has 0 bridgehead atoms. The molecule has 156 valence electrons. The van der Waals surface area contributed by atoms with Crippen LogP contribution in [0.1, 0.15) is 33.3 Å². The second-order valence-electron chi connectivity index (χ2n) is 6.38. The van der Waals surface area contributed by atoms with E-state index in [4.69, 9.17) is 9.47 Å². The fourth-order valence-corrected chi connectivity index (χ4v) is 3.27. The Morgan fingerprint density at radius 1 is 1.07 bits per heavy atom. The van der Waals surface area contributed by atoms with Crippen molar-refractivity contribution in [2.24, 2.45) is 0 Å². The highest BCUT2D eigenvalue weighted by Crippen LogP contribution is 2.17. The SMILES string of the molecule is COc1ccc(NC(=O)c2nnc(COCC(=O)NC(C)c3ccccc3)s2)cc1. The van der Waals surface area contributed by atoms with Crippen LogP contribution >= 0.6 is 11.3 Å². The van der Waals surface area contributed by atoms with Crippen molar-refractivity contribution in [1.29, 1.82) is 0 Å².